The van der Waals surface area contributed by atoms with Crippen molar-refractivity contribution < 1.29 is 27.4 Å². The van der Waals surface area contributed by atoms with Crippen LogP contribution in [0.2, 0.25) is 0 Å². The number of nitrogens with one attached hydrogen (secondary N) is 1. The molecule has 0 radical (unpaired) electrons. The van der Waals surface area contributed by atoms with Crippen molar-refractivity contribution in [3.63, 3.8) is 0 Å². The summed E-state index contributed by atoms with van der Waals surface area (Å²) in [5.41, 5.74) is -1.36. The number of benzene rings is 1. The van der Waals surface area contributed by atoms with E-state index in [9.17, 15) is 18.0 Å². The number of hydrogen-bond acceptors (Lipinski definition) is 4. The second kappa shape index (κ2) is 7.54. The molecule has 2 aliphatic heterocycles. The van der Waals surface area contributed by atoms with Crippen molar-refractivity contribution in [3.8, 4) is 0 Å². The van der Waals surface area contributed by atoms with Crippen LogP contribution in [0.5, 0.6) is 0 Å². The second-order valence-corrected chi connectivity index (χ2v) is 6.82. The predicted molar refractivity (Wildman–Crippen MR) is 89.8 cm³/mol. The van der Waals surface area contributed by atoms with Crippen LogP contribution in [-0.2, 0) is 20.4 Å². The molecule has 5 nitrogen and oxygen atoms in total. The molecule has 0 saturated carbocycles. The fourth-order valence-corrected chi connectivity index (χ4v) is 3.84. The average Bonchev–Trinajstić information content (AvgIpc) is 3.05. The molecule has 8 heteroatoms. The van der Waals surface area contributed by atoms with Crippen molar-refractivity contribution in [2.75, 3.05) is 38.7 Å². The van der Waals surface area contributed by atoms with E-state index < -0.39 is 17.6 Å². The molecule has 0 bridgehead atoms. The number of halogens is 3. The Morgan fingerprint density at radius 2 is 2.15 bits per heavy atom. The van der Waals surface area contributed by atoms with Gasteiger partial charge >= 0.3 is 6.18 Å². The highest BCUT2D eigenvalue weighted by Gasteiger charge is 2.46. The van der Waals surface area contributed by atoms with E-state index in [0.717, 1.165) is 25.3 Å². The average molecular weight is 372 g/mol. The summed E-state index contributed by atoms with van der Waals surface area (Å²) in [4.78, 5) is 14.2. The number of methoxy groups -OCH3 is 1. The molecule has 1 aromatic carbocycles. The Balaban J connectivity index is 1.61. The summed E-state index contributed by atoms with van der Waals surface area (Å²) in [6.45, 7) is 1.90. The molecule has 1 spiro atoms. The number of nitrogens with zero attached hydrogens (tertiary/aromatic N) is 1. The molecular formula is C18H23F3N2O3. The number of amides is 1. The zero-order valence-corrected chi connectivity index (χ0v) is 14.6. The zero-order chi connectivity index (χ0) is 18.8. The maximum Gasteiger partial charge on any atom is 0.418 e. The molecule has 0 aliphatic carbocycles. The topological polar surface area (TPSA) is 50.8 Å². The number of hydrogen-bond donors (Lipinski definition) is 1. The number of anilines is 1. The fraction of sp³-hybridized carbons (Fsp3) is 0.611. The van der Waals surface area contributed by atoms with Crippen molar-refractivity contribution in [3.05, 3.63) is 29.8 Å². The van der Waals surface area contributed by atoms with E-state index in [1.54, 1.807) is 7.11 Å². The number of piperidine rings is 1. The van der Waals surface area contributed by atoms with Crippen LogP contribution in [0.4, 0.5) is 18.9 Å². The van der Waals surface area contributed by atoms with E-state index in [1.165, 1.54) is 18.2 Å². The van der Waals surface area contributed by atoms with Crippen LogP contribution < -0.4 is 5.32 Å². The van der Waals surface area contributed by atoms with Crippen molar-refractivity contribution in [2.45, 2.75) is 37.1 Å². The van der Waals surface area contributed by atoms with Crippen LogP contribution in [0.3, 0.4) is 0 Å². The standard InChI is InChI=1S/C18H23F3N2O3/c1-25-15-11-23(9-8-17(15)7-4-10-26-17)12-16(24)22-14-6-3-2-5-13(14)18(19,20)21/h2-3,5-6,15H,4,7-12H2,1H3,(H,22,24). The largest absolute Gasteiger partial charge is 0.418 e. The molecule has 2 unspecified atom stereocenters. The fourth-order valence-electron chi connectivity index (χ4n) is 3.84. The van der Waals surface area contributed by atoms with Crippen LogP contribution >= 0.6 is 0 Å². The highest BCUT2D eigenvalue weighted by Crippen LogP contribution is 2.37. The Morgan fingerprint density at radius 1 is 1.38 bits per heavy atom. The van der Waals surface area contributed by atoms with Crippen LogP contribution in [0, 0.1) is 0 Å². The van der Waals surface area contributed by atoms with Gasteiger partial charge < -0.3 is 14.8 Å². The third kappa shape index (κ3) is 4.02. The van der Waals surface area contributed by atoms with Crippen LogP contribution in [0.25, 0.3) is 0 Å². The lowest BCUT2D eigenvalue weighted by Gasteiger charge is -2.44. The van der Waals surface area contributed by atoms with Gasteiger partial charge in [-0.15, -0.1) is 0 Å². The third-order valence-corrected chi connectivity index (χ3v) is 5.15. The first kappa shape index (κ1) is 19.1. The molecule has 2 atom stereocenters. The molecule has 1 aromatic rings. The van der Waals surface area contributed by atoms with Gasteiger partial charge in [0.2, 0.25) is 5.91 Å². The van der Waals surface area contributed by atoms with Gasteiger partial charge in [0.1, 0.15) is 0 Å². The first-order chi connectivity index (χ1) is 12.3. The van der Waals surface area contributed by atoms with Crippen LogP contribution in [0.1, 0.15) is 24.8 Å². The lowest BCUT2D eigenvalue weighted by Crippen LogP contribution is -2.57. The lowest BCUT2D eigenvalue weighted by atomic mass is 9.86. The van der Waals surface area contributed by atoms with E-state index in [-0.39, 0.29) is 23.9 Å². The van der Waals surface area contributed by atoms with Gasteiger partial charge in [0.05, 0.1) is 29.5 Å². The van der Waals surface area contributed by atoms with Crippen molar-refractivity contribution >= 4 is 11.6 Å². The monoisotopic (exact) mass is 372 g/mol. The van der Waals surface area contributed by atoms with E-state index in [0.29, 0.717) is 19.7 Å². The van der Waals surface area contributed by atoms with E-state index in [1.807, 2.05) is 4.90 Å². The first-order valence-corrected chi connectivity index (χ1v) is 8.69. The number of likely N-dealkylation sites (tertiary alicyclic amines) is 1. The number of ether oxygens (including phenoxy) is 2. The van der Waals surface area contributed by atoms with Crippen LogP contribution in [0.15, 0.2) is 24.3 Å². The maximum atomic E-state index is 13.0. The third-order valence-electron chi connectivity index (χ3n) is 5.15. The predicted octanol–water partition coefficient (Wildman–Crippen LogP) is 2.91. The molecule has 2 fully saturated rings. The molecule has 2 saturated heterocycles. The quantitative estimate of drug-likeness (QED) is 0.883. The molecule has 144 valence electrons. The molecule has 0 aromatic heterocycles. The van der Waals surface area contributed by atoms with Gasteiger partial charge in [-0.25, -0.2) is 0 Å². The Kier molecular flexibility index (Phi) is 5.55. The first-order valence-electron chi connectivity index (χ1n) is 8.69. The molecule has 26 heavy (non-hydrogen) atoms. The van der Waals surface area contributed by atoms with E-state index in [4.69, 9.17) is 9.47 Å². The lowest BCUT2D eigenvalue weighted by molar-refractivity contribution is -0.145. The van der Waals surface area contributed by atoms with Crippen LogP contribution in [-0.4, -0.2) is 55.9 Å². The number of alkyl halides is 3. The molecule has 1 N–H and O–H groups in total. The summed E-state index contributed by atoms with van der Waals surface area (Å²) >= 11 is 0. The minimum Gasteiger partial charge on any atom is -0.377 e. The van der Waals surface area contributed by atoms with Crippen molar-refractivity contribution in [1.29, 1.82) is 0 Å². The number of carbonyl (C=O) groups is 1. The normalized spacial score (nSPS) is 27.0. The van der Waals surface area contributed by atoms with Gasteiger partial charge in [0, 0.05) is 26.8 Å². The van der Waals surface area contributed by atoms with Gasteiger partial charge in [0.15, 0.2) is 0 Å². The number of carbonyl (C=O) groups excluding carboxylic acids is 1. The minimum atomic E-state index is -4.51. The van der Waals surface area contributed by atoms with Gasteiger partial charge in [0.25, 0.3) is 0 Å². The number of rotatable bonds is 4. The summed E-state index contributed by atoms with van der Waals surface area (Å²) in [5.74, 6) is -0.472. The Morgan fingerprint density at radius 3 is 2.81 bits per heavy atom. The molecule has 2 heterocycles. The highest BCUT2D eigenvalue weighted by atomic mass is 19.4. The molecule has 2 aliphatic rings. The van der Waals surface area contributed by atoms with Gasteiger partial charge in [-0.1, -0.05) is 12.1 Å². The highest BCUT2D eigenvalue weighted by molar-refractivity contribution is 5.93. The summed E-state index contributed by atoms with van der Waals surface area (Å²) in [6, 6.07) is 4.98. The Labute approximate surface area is 150 Å². The Bertz CT molecular complexity index is 645. The van der Waals surface area contributed by atoms with E-state index in [2.05, 4.69) is 5.32 Å². The van der Waals surface area contributed by atoms with Crippen molar-refractivity contribution in [2.24, 2.45) is 0 Å². The number of para-hydroxylation sites is 1. The smallest absolute Gasteiger partial charge is 0.377 e. The summed E-state index contributed by atoms with van der Waals surface area (Å²) in [7, 11) is 1.62. The maximum absolute atomic E-state index is 13.0. The summed E-state index contributed by atoms with van der Waals surface area (Å²) in [6.07, 6.45) is -1.98. The van der Waals surface area contributed by atoms with Crippen molar-refractivity contribution in [1.82, 2.24) is 4.90 Å². The SMILES string of the molecule is COC1CN(CC(=O)Nc2ccccc2C(F)(F)F)CCC12CCCO2. The summed E-state index contributed by atoms with van der Waals surface area (Å²) in [5, 5.41) is 2.39. The summed E-state index contributed by atoms with van der Waals surface area (Å²) < 4.78 is 50.6. The molecule has 3 rings (SSSR count). The van der Waals surface area contributed by atoms with E-state index >= 15 is 0 Å². The van der Waals surface area contributed by atoms with Gasteiger partial charge in [-0.05, 0) is 31.4 Å². The zero-order valence-electron chi connectivity index (χ0n) is 14.6. The molecular weight excluding hydrogens is 349 g/mol. The van der Waals surface area contributed by atoms with Gasteiger partial charge in [-0.2, -0.15) is 13.2 Å². The minimum absolute atomic E-state index is 0.0160. The second-order valence-electron chi connectivity index (χ2n) is 6.82. The molecule has 1 amide bonds. The van der Waals surface area contributed by atoms with Gasteiger partial charge in [-0.3, -0.25) is 9.69 Å². The Hall–Kier alpha value is -1.64.